The minimum absolute atomic E-state index is 0.203. The maximum Gasteiger partial charge on any atom is 0.251 e. The van der Waals surface area contributed by atoms with Crippen LogP contribution in [-0.2, 0) is 4.74 Å². The van der Waals surface area contributed by atoms with Crippen LogP contribution in [0.25, 0.3) is 0 Å². The number of halogens is 1. The van der Waals surface area contributed by atoms with Gasteiger partial charge in [-0.2, -0.15) is 0 Å². The predicted molar refractivity (Wildman–Crippen MR) is 64.4 cm³/mol. The molecule has 0 bridgehead atoms. The van der Waals surface area contributed by atoms with Crippen LogP contribution in [0.3, 0.4) is 0 Å². The van der Waals surface area contributed by atoms with E-state index in [1.54, 1.807) is 6.07 Å². The average molecular weight is 239 g/mol. The van der Waals surface area contributed by atoms with Crippen molar-refractivity contribution in [2.75, 3.05) is 13.2 Å². The number of nitrogens with one attached hydrogen (secondary N) is 1. The fraction of sp³-hybridized carbons (Fsp3) is 0.462. The first-order valence-corrected chi connectivity index (χ1v) is 5.75. The molecule has 0 radical (unpaired) electrons. The van der Waals surface area contributed by atoms with Crippen molar-refractivity contribution in [2.45, 2.75) is 26.4 Å². The lowest BCUT2D eigenvalue weighted by Gasteiger charge is -2.08. The quantitative estimate of drug-likeness (QED) is 0.774. The Labute approximate surface area is 101 Å². The normalized spacial score (nSPS) is 10.6. The Kier molecular flexibility index (Phi) is 5.63. The third kappa shape index (κ3) is 5.45. The zero-order chi connectivity index (χ0) is 12.7. The summed E-state index contributed by atoms with van der Waals surface area (Å²) in [5.74, 6) is -0.658. The highest BCUT2D eigenvalue weighted by Gasteiger charge is 2.05. The lowest BCUT2D eigenvalue weighted by Crippen LogP contribution is -2.25. The van der Waals surface area contributed by atoms with Gasteiger partial charge in [0, 0.05) is 18.7 Å². The zero-order valence-electron chi connectivity index (χ0n) is 10.2. The smallest absolute Gasteiger partial charge is 0.251 e. The number of rotatable bonds is 6. The second kappa shape index (κ2) is 7.01. The molecule has 4 heteroatoms. The van der Waals surface area contributed by atoms with E-state index in [9.17, 15) is 9.18 Å². The molecule has 0 saturated carbocycles. The van der Waals surface area contributed by atoms with E-state index in [1.165, 1.54) is 18.2 Å². The van der Waals surface area contributed by atoms with Gasteiger partial charge >= 0.3 is 0 Å². The Balaban J connectivity index is 2.26. The van der Waals surface area contributed by atoms with Crippen LogP contribution in [0.2, 0.25) is 0 Å². The van der Waals surface area contributed by atoms with E-state index < -0.39 is 5.82 Å². The number of carbonyl (C=O) groups is 1. The maximum atomic E-state index is 12.9. The molecule has 3 nitrogen and oxygen atoms in total. The Hall–Kier alpha value is -1.42. The summed E-state index contributed by atoms with van der Waals surface area (Å²) in [6, 6.07) is 5.64. The van der Waals surface area contributed by atoms with E-state index in [4.69, 9.17) is 4.74 Å². The van der Waals surface area contributed by atoms with Crippen LogP contribution in [0.15, 0.2) is 24.3 Å². The van der Waals surface area contributed by atoms with Gasteiger partial charge in [0.25, 0.3) is 5.91 Å². The van der Waals surface area contributed by atoms with E-state index in [0.717, 1.165) is 6.42 Å². The Morgan fingerprint density at radius 1 is 1.47 bits per heavy atom. The molecule has 94 valence electrons. The van der Waals surface area contributed by atoms with Crippen LogP contribution in [0.5, 0.6) is 0 Å². The topological polar surface area (TPSA) is 38.3 Å². The zero-order valence-corrected chi connectivity index (χ0v) is 10.2. The molecule has 1 aromatic carbocycles. The molecule has 0 unspecified atom stereocenters. The lowest BCUT2D eigenvalue weighted by molar-refractivity contribution is 0.0757. The minimum Gasteiger partial charge on any atom is -0.379 e. The monoisotopic (exact) mass is 239 g/mol. The summed E-state index contributed by atoms with van der Waals surface area (Å²) in [7, 11) is 0. The van der Waals surface area contributed by atoms with Gasteiger partial charge in [0.2, 0.25) is 0 Å². The van der Waals surface area contributed by atoms with E-state index in [-0.39, 0.29) is 12.0 Å². The highest BCUT2D eigenvalue weighted by Crippen LogP contribution is 2.03. The van der Waals surface area contributed by atoms with Gasteiger partial charge in [-0.05, 0) is 38.5 Å². The second-order valence-electron chi connectivity index (χ2n) is 4.04. The molecule has 0 heterocycles. The Morgan fingerprint density at radius 2 is 2.24 bits per heavy atom. The number of amides is 1. The Bertz CT molecular complexity index is 366. The van der Waals surface area contributed by atoms with Crippen LogP contribution in [0.1, 0.15) is 30.6 Å². The van der Waals surface area contributed by atoms with E-state index in [1.807, 2.05) is 13.8 Å². The van der Waals surface area contributed by atoms with Crippen molar-refractivity contribution in [3.05, 3.63) is 35.6 Å². The Morgan fingerprint density at radius 3 is 2.88 bits per heavy atom. The molecular weight excluding hydrogens is 221 g/mol. The summed E-state index contributed by atoms with van der Waals surface area (Å²) >= 11 is 0. The van der Waals surface area contributed by atoms with Crippen molar-refractivity contribution in [3.8, 4) is 0 Å². The average Bonchev–Trinajstić information content (AvgIpc) is 2.28. The predicted octanol–water partition coefficient (Wildman–Crippen LogP) is 2.37. The van der Waals surface area contributed by atoms with Gasteiger partial charge in [0.05, 0.1) is 6.10 Å². The SMILES string of the molecule is CC(C)OCCCNC(=O)c1cccc(F)c1. The van der Waals surface area contributed by atoms with Crippen molar-refractivity contribution < 1.29 is 13.9 Å². The van der Waals surface area contributed by atoms with E-state index in [2.05, 4.69) is 5.32 Å². The molecule has 1 N–H and O–H groups in total. The maximum absolute atomic E-state index is 12.9. The van der Waals surface area contributed by atoms with Gasteiger partial charge < -0.3 is 10.1 Å². The summed E-state index contributed by atoms with van der Waals surface area (Å²) in [6.07, 6.45) is 0.952. The fourth-order valence-electron chi connectivity index (χ4n) is 1.32. The standard InChI is InChI=1S/C13H18FNO2/c1-10(2)17-8-4-7-15-13(16)11-5-3-6-12(14)9-11/h3,5-6,9-10H,4,7-8H2,1-2H3,(H,15,16). The van der Waals surface area contributed by atoms with Gasteiger partial charge in [0.1, 0.15) is 5.82 Å². The van der Waals surface area contributed by atoms with Crippen LogP contribution >= 0.6 is 0 Å². The molecule has 1 rings (SSSR count). The number of hydrogen-bond donors (Lipinski definition) is 1. The molecule has 17 heavy (non-hydrogen) atoms. The summed E-state index contributed by atoms with van der Waals surface area (Å²) < 4.78 is 18.2. The molecule has 0 aliphatic heterocycles. The first-order valence-electron chi connectivity index (χ1n) is 5.75. The van der Waals surface area contributed by atoms with Crippen LogP contribution in [0.4, 0.5) is 4.39 Å². The van der Waals surface area contributed by atoms with Crippen LogP contribution in [-0.4, -0.2) is 25.2 Å². The third-order valence-corrected chi connectivity index (χ3v) is 2.14. The minimum atomic E-state index is -0.402. The number of benzene rings is 1. The number of carbonyl (C=O) groups excluding carboxylic acids is 1. The van der Waals surface area contributed by atoms with E-state index in [0.29, 0.717) is 18.7 Å². The van der Waals surface area contributed by atoms with Gasteiger partial charge in [-0.15, -0.1) is 0 Å². The van der Waals surface area contributed by atoms with Gasteiger partial charge in [-0.3, -0.25) is 4.79 Å². The summed E-state index contributed by atoms with van der Waals surface area (Å²) in [6.45, 7) is 5.07. The molecule has 0 aromatic heterocycles. The van der Waals surface area contributed by atoms with Crippen molar-refractivity contribution >= 4 is 5.91 Å². The third-order valence-electron chi connectivity index (χ3n) is 2.14. The molecule has 0 aliphatic carbocycles. The lowest BCUT2D eigenvalue weighted by atomic mass is 10.2. The molecular formula is C13H18FNO2. The highest BCUT2D eigenvalue weighted by atomic mass is 19.1. The van der Waals surface area contributed by atoms with Gasteiger partial charge in [-0.25, -0.2) is 4.39 Å². The van der Waals surface area contributed by atoms with Crippen molar-refractivity contribution in [3.63, 3.8) is 0 Å². The first kappa shape index (κ1) is 13.6. The molecule has 1 aromatic rings. The molecule has 1 amide bonds. The van der Waals surface area contributed by atoms with Crippen LogP contribution < -0.4 is 5.32 Å². The highest BCUT2D eigenvalue weighted by molar-refractivity contribution is 5.94. The number of hydrogen-bond acceptors (Lipinski definition) is 2. The molecule has 0 saturated heterocycles. The largest absolute Gasteiger partial charge is 0.379 e. The molecule has 0 spiro atoms. The molecule has 0 aliphatic rings. The number of ether oxygens (including phenoxy) is 1. The summed E-state index contributed by atoms with van der Waals surface area (Å²) in [5.41, 5.74) is 0.342. The van der Waals surface area contributed by atoms with Crippen molar-refractivity contribution in [2.24, 2.45) is 0 Å². The van der Waals surface area contributed by atoms with Crippen molar-refractivity contribution in [1.82, 2.24) is 5.32 Å². The summed E-state index contributed by atoms with van der Waals surface area (Å²) in [4.78, 5) is 11.6. The van der Waals surface area contributed by atoms with Gasteiger partial charge in [0.15, 0.2) is 0 Å². The summed E-state index contributed by atoms with van der Waals surface area (Å²) in [5, 5.41) is 2.71. The van der Waals surface area contributed by atoms with Crippen molar-refractivity contribution in [1.29, 1.82) is 0 Å². The first-order chi connectivity index (χ1) is 8.09. The van der Waals surface area contributed by atoms with Crippen LogP contribution in [0, 0.1) is 5.82 Å². The second-order valence-corrected chi connectivity index (χ2v) is 4.04. The van der Waals surface area contributed by atoms with Gasteiger partial charge in [-0.1, -0.05) is 6.07 Å². The molecule has 0 fully saturated rings. The van der Waals surface area contributed by atoms with E-state index >= 15 is 0 Å². The fourth-order valence-corrected chi connectivity index (χ4v) is 1.32. The molecule has 0 atom stereocenters.